The smallest absolute Gasteiger partial charge is 0.268 e. The highest BCUT2D eigenvalue weighted by Crippen LogP contribution is 2.38. The Morgan fingerprint density at radius 3 is 1.56 bits per heavy atom. The molecule has 0 heterocycles. The van der Waals surface area contributed by atoms with Crippen molar-refractivity contribution in [3.05, 3.63) is 24.3 Å². The van der Waals surface area contributed by atoms with Gasteiger partial charge >= 0.3 is 0 Å². The lowest BCUT2D eigenvalue weighted by Crippen LogP contribution is -2.45. The summed E-state index contributed by atoms with van der Waals surface area (Å²) in [6.07, 6.45) is 41.0. The van der Waals surface area contributed by atoms with Crippen molar-refractivity contribution in [3.8, 4) is 0 Å². The minimum absolute atomic E-state index is 0.00476. The molecule has 0 aromatic carbocycles. The van der Waals surface area contributed by atoms with Crippen molar-refractivity contribution in [3.63, 3.8) is 0 Å². The minimum Gasteiger partial charge on any atom is -0.756 e. The number of likely N-dealkylation sites (N-methyl/N-ethyl adjacent to an activating group) is 1. The molecule has 0 radical (unpaired) electrons. The summed E-state index contributed by atoms with van der Waals surface area (Å²) >= 11 is 0. The predicted octanol–water partition coefficient (Wildman–Crippen LogP) is 11.1. The zero-order valence-electron chi connectivity index (χ0n) is 34.8. The molecule has 1 amide bonds. The number of nitrogens with zero attached hydrogens (tertiary/aromatic N) is 1. The summed E-state index contributed by atoms with van der Waals surface area (Å²) < 4.78 is 23.1. The molecule has 0 saturated heterocycles. The van der Waals surface area contributed by atoms with Crippen LogP contribution in [0.4, 0.5) is 0 Å². The second-order valence-corrected chi connectivity index (χ2v) is 17.5. The highest BCUT2D eigenvalue weighted by atomic mass is 31.2. The van der Waals surface area contributed by atoms with E-state index in [0.29, 0.717) is 17.4 Å². The van der Waals surface area contributed by atoms with Crippen molar-refractivity contribution in [2.45, 2.75) is 206 Å². The lowest BCUT2D eigenvalue weighted by molar-refractivity contribution is -0.870. The molecule has 3 atom stereocenters. The normalized spacial score (nSPS) is 14.7. The predicted molar refractivity (Wildman–Crippen MR) is 219 cm³/mol. The Bertz CT molecular complexity index is 907. The molecule has 0 saturated carbocycles. The average molecular weight is 757 g/mol. The number of carbonyl (C=O) groups is 1. The Balaban J connectivity index is 4.24. The van der Waals surface area contributed by atoms with Crippen LogP contribution in [0, 0.1) is 0 Å². The van der Waals surface area contributed by atoms with E-state index >= 15 is 0 Å². The number of hydrogen-bond donors (Lipinski definition) is 2. The topological polar surface area (TPSA) is 108 Å². The van der Waals surface area contributed by atoms with Crippen LogP contribution in [0.25, 0.3) is 0 Å². The highest BCUT2D eigenvalue weighted by molar-refractivity contribution is 7.45. The van der Waals surface area contributed by atoms with Crippen LogP contribution in [0.2, 0.25) is 0 Å². The van der Waals surface area contributed by atoms with E-state index in [2.05, 4.69) is 31.3 Å². The number of hydrogen-bond acceptors (Lipinski definition) is 6. The first-order chi connectivity index (χ1) is 25.0. The monoisotopic (exact) mass is 757 g/mol. The van der Waals surface area contributed by atoms with E-state index in [1.165, 1.54) is 135 Å². The minimum atomic E-state index is -4.58. The van der Waals surface area contributed by atoms with Gasteiger partial charge in [0.2, 0.25) is 5.91 Å². The van der Waals surface area contributed by atoms with E-state index in [4.69, 9.17) is 9.05 Å². The van der Waals surface area contributed by atoms with Crippen molar-refractivity contribution in [1.82, 2.24) is 5.32 Å². The van der Waals surface area contributed by atoms with Crippen LogP contribution in [0.15, 0.2) is 24.3 Å². The molecular formula is C43H85N2O6P. The van der Waals surface area contributed by atoms with Gasteiger partial charge in [0.05, 0.1) is 39.9 Å². The van der Waals surface area contributed by atoms with Crippen molar-refractivity contribution in [2.75, 3.05) is 40.9 Å². The molecule has 0 bridgehead atoms. The number of aliphatic hydroxyl groups is 1. The molecule has 0 aromatic rings. The molecule has 52 heavy (non-hydrogen) atoms. The van der Waals surface area contributed by atoms with Crippen molar-refractivity contribution < 1.29 is 32.9 Å². The van der Waals surface area contributed by atoms with Crippen LogP contribution in [-0.2, 0) is 18.4 Å². The number of aliphatic hydroxyl groups excluding tert-OH is 1. The second kappa shape index (κ2) is 35.7. The zero-order valence-corrected chi connectivity index (χ0v) is 35.7. The Hall–Kier alpha value is -1.02. The molecule has 8 nitrogen and oxygen atoms in total. The highest BCUT2D eigenvalue weighted by Gasteiger charge is 2.23. The van der Waals surface area contributed by atoms with Gasteiger partial charge in [0.15, 0.2) is 0 Å². The molecule has 0 aliphatic rings. The lowest BCUT2D eigenvalue weighted by Gasteiger charge is -2.29. The van der Waals surface area contributed by atoms with Crippen molar-refractivity contribution in [2.24, 2.45) is 0 Å². The first kappa shape index (κ1) is 51.0. The fraction of sp³-hybridized carbons (Fsp3) is 0.884. The molecule has 0 aliphatic heterocycles. The summed E-state index contributed by atoms with van der Waals surface area (Å²) in [7, 11) is 1.25. The van der Waals surface area contributed by atoms with Crippen molar-refractivity contribution in [1.29, 1.82) is 0 Å². The Kier molecular flexibility index (Phi) is 35.0. The van der Waals surface area contributed by atoms with Gasteiger partial charge in [-0.2, -0.15) is 0 Å². The molecule has 308 valence electrons. The standard InChI is InChI=1S/C43H85N2O6P/c1-6-8-10-12-14-16-17-18-19-20-21-22-23-24-25-26-27-29-31-33-35-37-43(47)44-41(40-51-52(48,49)50-39-38-45(3,4)5)42(46)36-34-32-30-28-15-13-11-9-7-2/h15,28,34,36,41-42,46H,6-14,16-27,29-33,35,37-40H2,1-5H3,(H-,44,47,48,49)/b28-15+,36-34+. The summed E-state index contributed by atoms with van der Waals surface area (Å²) in [5.41, 5.74) is 0. The Morgan fingerprint density at radius 1 is 0.654 bits per heavy atom. The summed E-state index contributed by atoms with van der Waals surface area (Å²) in [5, 5.41) is 13.7. The quantitative estimate of drug-likeness (QED) is 0.0280. The van der Waals surface area contributed by atoms with Crippen LogP contribution >= 0.6 is 7.82 Å². The third-order valence-corrected chi connectivity index (χ3v) is 10.6. The Morgan fingerprint density at radius 2 is 1.08 bits per heavy atom. The van der Waals surface area contributed by atoms with E-state index in [0.717, 1.165) is 38.5 Å². The molecule has 0 aromatic heterocycles. The van der Waals surface area contributed by atoms with Gasteiger partial charge in [-0.05, 0) is 32.1 Å². The molecule has 0 aliphatic carbocycles. The molecule has 9 heteroatoms. The van der Waals surface area contributed by atoms with Crippen LogP contribution < -0.4 is 10.2 Å². The lowest BCUT2D eigenvalue weighted by atomic mass is 10.0. The first-order valence-corrected chi connectivity index (χ1v) is 23.2. The largest absolute Gasteiger partial charge is 0.756 e. The Labute approximate surface area is 322 Å². The number of quaternary nitrogens is 1. The van der Waals surface area contributed by atoms with Gasteiger partial charge in [-0.1, -0.05) is 179 Å². The number of carbonyl (C=O) groups excluding carboxylic acids is 1. The maximum Gasteiger partial charge on any atom is 0.268 e. The summed E-state index contributed by atoms with van der Waals surface area (Å²) in [4.78, 5) is 25.2. The number of phosphoric ester groups is 1. The van der Waals surface area contributed by atoms with Gasteiger partial charge in [-0.15, -0.1) is 0 Å². The number of nitrogens with one attached hydrogen (secondary N) is 1. The van der Waals surface area contributed by atoms with E-state index in [-0.39, 0.29) is 19.1 Å². The van der Waals surface area contributed by atoms with Crippen LogP contribution in [0.1, 0.15) is 194 Å². The molecular weight excluding hydrogens is 671 g/mol. The van der Waals surface area contributed by atoms with Gasteiger partial charge in [-0.25, -0.2) is 0 Å². The van der Waals surface area contributed by atoms with Gasteiger partial charge in [0.1, 0.15) is 13.2 Å². The van der Waals surface area contributed by atoms with Gasteiger partial charge in [0.25, 0.3) is 7.82 Å². The van der Waals surface area contributed by atoms with Crippen LogP contribution in [0.5, 0.6) is 0 Å². The maximum absolute atomic E-state index is 12.8. The molecule has 0 spiro atoms. The molecule has 2 N–H and O–H groups in total. The van der Waals surface area contributed by atoms with Crippen LogP contribution in [-0.4, -0.2) is 68.5 Å². The molecule has 0 rings (SSSR count). The third kappa shape index (κ3) is 37.3. The fourth-order valence-electron chi connectivity index (χ4n) is 6.17. The summed E-state index contributed by atoms with van der Waals surface area (Å²) in [5.74, 6) is -0.208. The molecule has 0 fully saturated rings. The van der Waals surface area contributed by atoms with Gasteiger partial charge in [-0.3, -0.25) is 9.36 Å². The number of unbranched alkanes of at least 4 members (excludes halogenated alkanes) is 24. The van der Waals surface area contributed by atoms with Gasteiger partial charge in [0, 0.05) is 6.42 Å². The zero-order chi connectivity index (χ0) is 38.6. The SMILES string of the molecule is CCCCC/C=C/CC/C=C/C(O)C(COP(=O)([O-])OCC[N+](C)(C)C)NC(=O)CCCCCCCCCCCCCCCCCCCCCCC. The number of phosphoric acid groups is 1. The number of amides is 1. The van der Waals surface area contributed by atoms with E-state index in [9.17, 15) is 19.4 Å². The third-order valence-electron chi connectivity index (χ3n) is 9.66. The summed E-state index contributed by atoms with van der Waals surface area (Å²) in [6, 6.07) is -0.896. The van der Waals surface area contributed by atoms with E-state index < -0.39 is 20.0 Å². The maximum atomic E-state index is 12.8. The van der Waals surface area contributed by atoms with Gasteiger partial charge < -0.3 is 28.8 Å². The summed E-state index contributed by atoms with van der Waals surface area (Å²) in [6.45, 7) is 4.57. The van der Waals surface area contributed by atoms with E-state index in [1.807, 2.05) is 27.2 Å². The average Bonchev–Trinajstić information content (AvgIpc) is 3.09. The number of rotatable bonds is 39. The second-order valence-electron chi connectivity index (χ2n) is 16.0. The van der Waals surface area contributed by atoms with Crippen molar-refractivity contribution >= 4 is 13.7 Å². The molecule has 3 unspecified atom stereocenters. The van der Waals surface area contributed by atoms with Crippen LogP contribution in [0.3, 0.4) is 0 Å². The fourth-order valence-corrected chi connectivity index (χ4v) is 6.89. The van der Waals surface area contributed by atoms with E-state index in [1.54, 1.807) is 6.08 Å². The number of allylic oxidation sites excluding steroid dienone is 3. The first-order valence-electron chi connectivity index (χ1n) is 21.7.